The number of methoxy groups -OCH3 is 2. The highest BCUT2D eigenvalue weighted by Gasteiger charge is 2.38. The number of Topliss-reactive ketones (excluding diaryl/α,β-unsaturated/α-hetero) is 1. The van der Waals surface area contributed by atoms with Crippen LogP contribution in [-0.2, 0) is 0 Å². The van der Waals surface area contributed by atoms with Crippen molar-refractivity contribution in [3.63, 3.8) is 0 Å². The zero-order chi connectivity index (χ0) is 22.1. The van der Waals surface area contributed by atoms with E-state index >= 15 is 0 Å². The van der Waals surface area contributed by atoms with E-state index in [1.165, 1.54) is 27.2 Å². The highest BCUT2D eigenvalue weighted by Crippen LogP contribution is 2.41. The Kier molecular flexibility index (Phi) is 5.68. The van der Waals surface area contributed by atoms with E-state index in [1.54, 1.807) is 31.3 Å². The summed E-state index contributed by atoms with van der Waals surface area (Å²) in [5.41, 5.74) is 6.31. The van der Waals surface area contributed by atoms with Crippen molar-refractivity contribution in [1.29, 1.82) is 0 Å². The summed E-state index contributed by atoms with van der Waals surface area (Å²) >= 11 is 0. The first-order valence-electron chi connectivity index (χ1n) is 11.3. The summed E-state index contributed by atoms with van der Waals surface area (Å²) in [7, 11) is 3.20. The average molecular weight is 431 g/mol. The fourth-order valence-corrected chi connectivity index (χ4v) is 5.32. The second kappa shape index (κ2) is 8.77. The lowest BCUT2D eigenvalue weighted by Gasteiger charge is -2.33. The van der Waals surface area contributed by atoms with Gasteiger partial charge in [0.1, 0.15) is 38.8 Å². The fraction of sp³-hybridized carbons (Fsp3) is 0.296. The molecule has 0 spiro atoms. The largest absolute Gasteiger partial charge is 0.493 e. The van der Waals surface area contributed by atoms with E-state index in [0.29, 0.717) is 29.6 Å². The number of piperazine rings is 1. The molecule has 2 aliphatic rings. The van der Waals surface area contributed by atoms with Crippen LogP contribution >= 0.6 is 0 Å². The molecule has 0 bridgehead atoms. The maximum Gasteiger partial charge on any atom is 0.217 e. The van der Waals surface area contributed by atoms with E-state index in [2.05, 4.69) is 48.5 Å². The van der Waals surface area contributed by atoms with E-state index < -0.39 is 0 Å². The van der Waals surface area contributed by atoms with Gasteiger partial charge in [0.05, 0.1) is 14.2 Å². The Bertz CT molecular complexity index is 1090. The van der Waals surface area contributed by atoms with Gasteiger partial charge in [-0.05, 0) is 29.3 Å². The third kappa shape index (κ3) is 3.68. The third-order valence-electron chi connectivity index (χ3n) is 6.96. The molecule has 5 heteroatoms. The van der Waals surface area contributed by atoms with Gasteiger partial charge in [-0.1, -0.05) is 48.5 Å². The highest BCUT2D eigenvalue weighted by molar-refractivity contribution is 5.97. The summed E-state index contributed by atoms with van der Waals surface area (Å²) in [6.45, 7) is 4.62. The van der Waals surface area contributed by atoms with E-state index in [9.17, 15) is 4.79 Å². The van der Waals surface area contributed by atoms with Gasteiger partial charge >= 0.3 is 0 Å². The molecule has 5 rings (SSSR count). The monoisotopic (exact) mass is 430 g/mol. The number of hydrogen-bond donors (Lipinski definition) is 2. The van der Waals surface area contributed by atoms with Crippen LogP contribution in [0.3, 0.4) is 0 Å². The lowest BCUT2D eigenvalue weighted by Crippen LogP contribution is -3.28. The Hall–Kier alpha value is -3.15. The highest BCUT2D eigenvalue weighted by atomic mass is 16.5. The van der Waals surface area contributed by atoms with Gasteiger partial charge in [-0.3, -0.25) is 4.79 Å². The summed E-state index contributed by atoms with van der Waals surface area (Å²) in [5.74, 6) is 1.40. The zero-order valence-electron chi connectivity index (χ0n) is 18.7. The van der Waals surface area contributed by atoms with Crippen LogP contribution in [0.1, 0.15) is 27.5 Å². The van der Waals surface area contributed by atoms with Crippen LogP contribution in [0.25, 0.3) is 11.1 Å². The first-order chi connectivity index (χ1) is 15.7. The summed E-state index contributed by atoms with van der Waals surface area (Å²) in [6, 6.07) is 23.5. The predicted octanol–water partition coefficient (Wildman–Crippen LogP) is 1.44. The van der Waals surface area contributed by atoms with Gasteiger partial charge in [0.25, 0.3) is 0 Å². The van der Waals surface area contributed by atoms with Crippen molar-refractivity contribution in [2.75, 3.05) is 46.9 Å². The summed E-state index contributed by atoms with van der Waals surface area (Å²) in [6.07, 6.45) is 0. The Balaban J connectivity index is 1.27. The zero-order valence-corrected chi connectivity index (χ0v) is 18.7. The van der Waals surface area contributed by atoms with Gasteiger partial charge in [0.2, 0.25) is 5.78 Å². The van der Waals surface area contributed by atoms with Crippen molar-refractivity contribution in [1.82, 2.24) is 0 Å². The third-order valence-corrected chi connectivity index (χ3v) is 6.96. The van der Waals surface area contributed by atoms with Crippen LogP contribution < -0.4 is 19.3 Å². The Labute approximate surface area is 189 Å². The molecular formula is C27H30N2O3+2. The summed E-state index contributed by atoms with van der Waals surface area (Å²) in [4.78, 5) is 15.9. The fourth-order valence-electron chi connectivity index (χ4n) is 5.32. The maximum absolute atomic E-state index is 12.9. The van der Waals surface area contributed by atoms with Crippen LogP contribution in [-0.4, -0.2) is 52.7 Å². The lowest BCUT2D eigenvalue weighted by molar-refractivity contribution is -1.02. The Morgan fingerprint density at radius 2 is 1.41 bits per heavy atom. The molecule has 0 radical (unpaired) electrons. The van der Waals surface area contributed by atoms with E-state index in [1.807, 2.05) is 6.07 Å². The van der Waals surface area contributed by atoms with Crippen molar-refractivity contribution in [2.24, 2.45) is 0 Å². The van der Waals surface area contributed by atoms with E-state index in [-0.39, 0.29) is 5.78 Å². The number of quaternary nitrogens is 2. The number of hydrogen-bond acceptors (Lipinski definition) is 3. The summed E-state index contributed by atoms with van der Waals surface area (Å²) < 4.78 is 10.6. The number of fused-ring (bicyclic) bond motifs is 3. The van der Waals surface area contributed by atoms with Crippen LogP contribution in [0.2, 0.25) is 0 Å². The molecule has 5 nitrogen and oxygen atoms in total. The number of ether oxygens (including phenoxy) is 2. The second-order valence-electron chi connectivity index (χ2n) is 8.69. The van der Waals surface area contributed by atoms with Gasteiger partial charge in [0.15, 0.2) is 11.5 Å². The molecule has 1 aliphatic heterocycles. The molecule has 1 saturated heterocycles. The van der Waals surface area contributed by atoms with Crippen molar-refractivity contribution in [3.8, 4) is 22.6 Å². The van der Waals surface area contributed by atoms with Crippen LogP contribution in [0, 0.1) is 0 Å². The molecule has 3 aromatic carbocycles. The van der Waals surface area contributed by atoms with Crippen molar-refractivity contribution in [2.45, 2.75) is 6.04 Å². The molecular weight excluding hydrogens is 400 g/mol. The molecule has 0 saturated carbocycles. The maximum atomic E-state index is 12.9. The van der Waals surface area contributed by atoms with Crippen molar-refractivity contribution in [3.05, 3.63) is 83.4 Å². The topological polar surface area (TPSA) is 44.4 Å². The molecule has 0 unspecified atom stereocenters. The smallest absolute Gasteiger partial charge is 0.217 e. The van der Waals surface area contributed by atoms with Gasteiger partial charge in [-0.15, -0.1) is 0 Å². The van der Waals surface area contributed by atoms with E-state index in [4.69, 9.17) is 9.47 Å². The molecule has 0 amide bonds. The van der Waals surface area contributed by atoms with Crippen LogP contribution in [0.4, 0.5) is 0 Å². The molecule has 1 fully saturated rings. The standard InChI is InChI=1S/C27H28N2O3/c1-31-25-12-11-19(17-26(25)32-2)24(30)18-28-13-15-29(16-14-28)27-22-9-5-3-7-20(22)21-8-4-6-10-23(21)27/h3-12,17,27H,13-16,18H2,1-2H3/p+2. The SMILES string of the molecule is COc1ccc(C(=O)C[NH+]2CC[NH+](C3c4ccccc4-c4ccccc43)CC2)cc1OC. The molecule has 0 atom stereocenters. The van der Waals surface area contributed by atoms with Crippen molar-refractivity contribution < 1.29 is 24.1 Å². The Morgan fingerprint density at radius 1 is 0.812 bits per heavy atom. The molecule has 32 heavy (non-hydrogen) atoms. The van der Waals surface area contributed by atoms with Gasteiger partial charge < -0.3 is 19.3 Å². The second-order valence-corrected chi connectivity index (χ2v) is 8.69. The number of carbonyl (C=O) groups excluding carboxylic acids is 1. The number of benzene rings is 3. The number of carbonyl (C=O) groups is 1. The Morgan fingerprint density at radius 3 is 2.00 bits per heavy atom. The van der Waals surface area contributed by atoms with Gasteiger partial charge in [0, 0.05) is 16.7 Å². The molecule has 1 aliphatic carbocycles. The normalized spacial score (nSPS) is 19.8. The molecule has 2 N–H and O–H groups in total. The molecule has 164 valence electrons. The number of nitrogens with one attached hydrogen (secondary N) is 2. The first-order valence-corrected chi connectivity index (χ1v) is 11.3. The quantitative estimate of drug-likeness (QED) is 0.582. The number of ketones is 1. The summed E-state index contributed by atoms with van der Waals surface area (Å²) in [5, 5.41) is 0. The number of rotatable bonds is 6. The minimum atomic E-state index is 0.154. The van der Waals surface area contributed by atoms with E-state index in [0.717, 1.165) is 26.2 Å². The molecule has 3 aromatic rings. The van der Waals surface area contributed by atoms with Gasteiger partial charge in [-0.25, -0.2) is 0 Å². The predicted molar refractivity (Wildman–Crippen MR) is 124 cm³/mol. The van der Waals surface area contributed by atoms with Crippen LogP contribution in [0.5, 0.6) is 11.5 Å². The first kappa shape index (κ1) is 20.7. The average Bonchev–Trinajstić information content (AvgIpc) is 3.18. The lowest BCUT2D eigenvalue weighted by atomic mass is 10.0. The van der Waals surface area contributed by atoms with Gasteiger partial charge in [-0.2, -0.15) is 0 Å². The molecule has 0 aromatic heterocycles. The van der Waals surface area contributed by atoms with Crippen LogP contribution in [0.15, 0.2) is 66.7 Å². The minimum absolute atomic E-state index is 0.154. The minimum Gasteiger partial charge on any atom is -0.493 e. The molecule has 1 heterocycles. The van der Waals surface area contributed by atoms with Crippen molar-refractivity contribution >= 4 is 5.78 Å².